The molecule has 0 unspecified atom stereocenters. The lowest BCUT2D eigenvalue weighted by molar-refractivity contribution is 0.410. The molecule has 0 saturated carbocycles. The summed E-state index contributed by atoms with van der Waals surface area (Å²) in [6.45, 7) is 0.319. The molecular formula is C23H21FN4O3. The predicted octanol–water partition coefficient (Wildman–Crippen LogP) is 2.49. The average molecular weight is 420 g/mol. The van der Waals surface area contributed by atoms with Crippen LogP contribution in [-0.2, 0) is 20.5 Å². The summed E-state index contributed by atoms with van der Waals surface area (Å²) in [7, 11) is 2.71. The van der Waals surface area contributed by atoms with E-state index < -0.39 is 22.9 Å². The second-order valence-corrected chi connectivity index (χ2v) is 7.25. The normalized spacial score (nSPS) is 11.9. The number of benzene rings is 2. The van der Waals surface area contributed by atoms with Crippen molar-refractivity contribution in [3.8, 4) is 5.88 Å². The average Bonchev–Trinajstić information content (AvgIpc) is 3.19. The first-order chi connectivity index (χ1) is 14.9. The van der Waals surface area contributed by atoms with Crippen LogP contribution in [0.15, 0.2) is 69.3 Å². The van der Waals surface area contributed by atoms with Gasteiger partial charge in [0.25, 0.3) is 5.56 Å². The molecule has 0 spiro atoms. The van der Waals surface area contributed by atoms with Gasteiger partial charge in [-0.25, -0.2) is 9.18 Å². The molecule has 8 heteroatoms. The van der Waals surface area contributed by atoms with Gasteiger partial charge in [0.15, 0.2) is 0 Å². The first kappa shape index (κ1) is 20.3. The van der Waals surface area contributed by atoms with Crippen molar-refractivity contribution >= 4 is 16.6 Å². The van der Waals surface area contributed by atoms with E-state index in [-0.39, 0.29) is 11.3 Å². The third-order valence-electron chi connectivity index (χ3n) is 5.31. The van der Waals surface area contributed by atoms with Crippen molar-refractivity contribution in [3.63, 3.8) is 0 Å². The van der Waals surface area contributed by atoms with Crippen molar-refractivity contribution in [1.82, 2.24) is 14.1 Å². The van der Waals surface area contributed by atoms with E-state index >= 15 is 0 Å². The third-order valence-corrected chi connectivity index (χ3v) is 5.31. The molecule has 0 atom stereocenters. The van der Waals surface area contributed by atoms with Gasteiger partial charge in [0, 0.05) is 43.3 Å². The molecule has 2 aromatic heterocycles. The highest BCUT2D eigenvalue weighted by molar-refractivity contribution is 6.14. The van der Waals surface area contributed by atoms with Crippen LogP contribution in [0.5, 0.6) is 5.88 Å². The number of fused-ring (bicyclic) bond motifs is 1. The maximum absolute atomic E-state index is 13.5. The van der Waals surface area contributed by atoms with Gasteiger partial charge in [-0.1, -0.05) is 18.2 Å². The lowest BCUT2D eigenvalue weighted by Gasteiger charge is -2.13. The Labute approximate surface area is 176 Å². The Morgan fingerprint density at radius 3 is 2.52 bits per heavy atom. The molecule has 0 saturated heterocycles. The molecule has 2 aromatic carbocycles. The van der Waals surface area contributed by atoms with Gasteiger partial charge in [0.1, 0.15) is 11.4 Å². The van der Waals surface area contributed by atoms with Crippen LogP contribution in [0.4, 0.5) is 4.39 Å². The SMILES string of the molecule is Cn1c(O)c(C(=NCCc2c[nH]c3ccccc23)c2ccc(F)cc2)c(=O)n(C)c1=O. The number of para-hydroxylation sites is 1. The first-order valence-electron chi connectivity index (χ1n) is 9.73. The smallest absolute Gasteiger partial charge is 0.333 e. The Bertz CT molecular complexity index is 1410. The predicted molar refractivity (Wildman–Crippen MR) is 117 cm³/mol. The number of rotatable bonds is 5. The minimum absolute atomic E-state index is 0.102. The molecule has 0 fully saturated rings. The zero-order valence-corrected chi connectivity index (χ0v) is 17.1. The van der Waals surface area contributed by atoms with E-state index in [1.54, 1.807) is 0 Å². The van der Waals surface area contributed by atoms with Crippen molar-refractivity contribution in [1.29, 1.82) is 0 Å². The van der Waals surface area contributed by atoms with Crippen LogP contribution < -0.4 is 11.2 Å². The molecule has 2 heterocycles. The van der Waals surface area contributed by atoms with Crippen LogP contribution >= 0.6 is 0 Å². The summed E-state index contributed by atoms with van der Waals surface area (Å²) in [4.78, 5) is 32.8. The summed E-state index contributed by atoms with van der Waals surface area (Å²) in [5, 5.41) is 11.7. The first-order valence-corrected chi connectivity index (χ1v) is 9.73. The van der Waals surface area contributed by atoms with Crippen LogP contribution in [-0.4, -0.2) is 31.5 Å². The summed E-state index contributed by atoms with van der Waals surface area (Å²) >= 11 is 0. The Hall–Kier alpha value is -3.94. The van der Waals surface area contributed by atoms with Gasteiger partial charge < -0.3 is 10.1 Å². The van der Waals surface area contributed by atoms with Crippen molar-refractivity contribution in [2.24, 2.45) is 19.1 Å². The van der Waals surface area contributed by atoms with Crippen molar-refractivity contribution < 1.29 is 9.50 Å². The lowest BCUT2D eigenvalue weighted by atomic mass is 10.0. The van der Waals surface area contributed by atoms with Crippen LogP contribution in [0.25, 0.3) is 10.9 Å². The fourth-order valence-corrected chi connectivity index (χ4v) is 3.59. The minimum atomic E-state index is -0.671. The Morgan fingerprint density at radius 2 is 1.77 bits per heavy atom. The highest BCUT2D eigenvalue weighted by Gasteiger charge is 2.21. The number of aromatic amines is 1. The molecule has 0 bridgehead atoms. The third kappa shape index (κ3) is 3.68. The number of aliphatic imine (C=N–C) groups is 1. The van der Waals surface area contributed by atoms with Gasteiger partial charge in [0.2, 0.25) is 5.88 Å². The topological polar surface area (TPSA) is 92.4 Å². The molecule has 0 amide bonds. The Morgan fingerprint density at radius 1 is 1.06 bits per heavy atom. The number of H-pyrrole nitrogens is 1. The Balaban J connectivity index is 1.80. The molecule has 4 rings (SSSR count). The molecule has 7 nitrogen and oxygen atoms in total. The summed E-state index contributed by atoms with van der Waals surface area (Å²) in [5.41, 5.74) is 1.33. The quantitative estimate of drug-likeness (QED) is 0.486. The maximum atomic E-state index is 13.5. The molecular weight excluding hydrogens is 399 g/mol. The molecule has 0 aliphatic heterocycles. The zero-order valence-electron chi connectivity index (χ0n) is 17.1. The maximum Gasteiger partial charge on any atom is 0.333 e. The zero-order chi connectivity index (χ0) is 22.1. The van der Waals surface area contributed by atoms with E-state index in [0.29, 0.717) is 18.5 Å². The van der Waals surface area contributed by atoms with E-state index in [2.05, 4.69) is 9.98 Å². The van der Waals surface area contributed by atoms with E-state index in [1.165, 1.54) is 38.4 Å². The van der Waals surface area contributed by atoms with Crippen LogP contribution in [0.2, 0.25) is 0 Å². The van der Waals surface area contributed by atoms with Gasteiger partial charge in [-0.3, -0.25) is 18.9 Å². The lowest BCUT2D eigenvalue weighted by Crippen LogP contribution is -2.40. The number of halogens is 1. The second-order valence-electron chi connectivity index (χ2n) is 7.25. The molecule has 0 aliphatic carbocycles. The summed E-state index contributed by atoms with van der Waals surface area (Å²) in [6.07, 6.45) is 2.50. The fraction of sp³-hybridized carbons (Fsp3) is 0.174. The van der Waals surface area contributed by atoms with Crippen LogP contribution in [0.1, 0.15) is 16.7 Å². The monoisotopic (exact) mass is 420 g/mol. The molecule has 2 N–H and O–H groups in total. The number of nitrogens with zero attached hydrogens (tertiary/aromatic N) is 3. The summed E-state index contributed by atoms with van der Waals surface area (Å²) < 4.78 is 15.4. The van der Waals surface area contributed by atoms with Gasteiger partial charge in [-0.15, -0.1) is 0 Å². The number of aromatic hydroxyl groups is 1. The summed E-state index contributed by atoms with van der Waals surface area (Å²) in [5.74, 6) is -0.914. The molecule has 0 radical (unpaired) electrons. The molecule has 31 heavy (non-hydrogen) atoms. The van der Waals surface area contributed by atoms with E-state index in [4.69, 9.17) is 0 Å². The number of hydrogen-bond acceptors (Lipinski definition) is 4. The number of hydrogen-bond donors (Lipinski definition) is 2. The highest BCUT2D eigenvalue weighted by atomic mass is 19.1. The number of nitrogens with one attached hydrogen (secondary N) is 1. The van der Waals surface area contributed by atoms with Gasteiger partial charge in [-0.2, -0.15) is 0 Å². The van der Waals surface area contributed by atoms with E-state index in [9.17, 15) is 19.1 Å². The van der Waals surface area contributed by atoms with Crippen LogP contribution in [0, 0.1) is 5.82 Å². The van der Waals surface area contributed by atoms with Gasteiger partial charge >= 0.3 is 5.69 Å². The fourth-order valence-electron chi connectivity index (χ4n) is 3.59. The van der Waals surface area contributed by atoms with Crippen molar-refractivity contribution in [3.05, 3.63) is 98.1 Å². The minimum Gasteiger partial charge on any atom is -0.494 e. The van der Waals surface area contributed by atoms with E-state index in [1.807, 2.05) is 30.5 Å². The Kier molecular flexibility index (Phi) is 5.29. The molecule has 0 aliphatic rings. The van der Waals surface area contributed by atoms with Crippen LogP contribution in [0.3, 0.4) is 0 Å². The largest absolute Gasteiger partial charge is 0.494 e. The highest BCUT2D eigenvalue weighted by Crippen LogP contribution is 2.20. The van der Waals surface area contributed by atoms with E-state index in [0.717, 1.165) is 25.6 Å². The van der Waals surface area contributed by atoms with Gasteiger partial charge in [0.05, 0.1) is 5.71 Å². The molecule has 4 aromatic rings. The number of aromatic nitrogens is 3. The standard InChI is InChI=1S/C23H21FN4O3/c1-27-21(29)19(22(30)28(2)23(27)31)20(14-7-9-16(24)10-8-14)25-12-11-15-13-26-18-6-4-3-5-17(15)18/h3-10,13,26,29H,11-12H2,1-2H3. The van der Waals surface area contributed by atoms with Crippen molar-refractivity contribution in [2.45, 2.75) is 6.42 Å². The van der Waals surface area contributed by atoms with Gasteiger partial charge in [-0.05, 0) is 42.3 Å². The molecule has 158 valence electrons. The summed E-state index contributed by atoms with van der Waals surface area (Å²) in [6, 6.07) is 13.4. The second kappa shape index (κ2) is 8.06. The van der Waals surface area contributed by atoms with Crippen molar-refractivity contribution in [2.75, 3.05) is 6.54 Å².